The van der Waals surface area contributed by atoms with Gasteiger partial charge in [0, 0.05) is 26.1 Å². The van der Waals surface area contributed by atoms with Crippen LogP contribution < -0.4 is 0 Å². The van der Waals surface area contributed by atoms with E-state index in [1.807, 2.05) is 12.1 Å². The van der Waals surface area contributed by atoms with Crippen molar-refractivity contribution in [1.82, 2.24) is 4.90 Å². The number of ether oxygens (including phenoxy) is 1. The summed E-state index contributed by atoms with van der Waals surface area (Å²) in [4.78, 5) is 2.37. The van der Waals surface area contributed by atoms with Gasteiger partial charge in [0.25, 0.3) is 0 Å². The fourth-order valence-electron chi connectivity index (χ4n) is 3.77. The van der Waals surface area contributed by atoms with Crippen molar-refractivity contribution in [2.75, 3.05) is 26.2 Å². The number of aromatic hydroxyl groups is 1. The molecule has 0 amide bonds. The van der Waals surface area contributed by atoms with Crippen molar-refractivity contribution in [1.29, 1.82) is 0 Å². The van der Waals surface area contributed by atoms with Gasteiger partial charge in [-0.1, -0.05) is 12.1 Å². The lowest BCUT2D eigenvalue weighted by Gasteiger charge is -2.51. The molecule has 0 bridgehead atoms. The topological polar surface area (TPSA) is 73.2 Å². The van der Waals surface area contributed by atoms with Gasteiger partial charge in [0.1, 0.15) is 11.9 Å². The molecule has 128 valence electrons. The first-order valence-electron chi connectivity index (χ1n) is 8.46. The Balaban J connectivity index is 1.53. The fourth-order valence-corrected chi connectivity index (χ4v) is 3.77. The van der Waals surface area contributed by atoms with E-state index in [0.717, 1.165) is 38.9 Å². The number of aliphatic hydroxyl groups is 2. The van der Waals surface area contributed by atoms with Gasteiger partial charge in [-0.2, -0.15) is 0 Å². The Hall–Kier alpha value is -1.14. The molecule has 2 aliphatic rings. The molecule has 1 aromatic carbocycles. The zero-order valence-electron chi connectivity index (χ0n) is 13.7. The summed E-state index contributed by atoms with van der Waals surface area (Å²) >= 11 is 0. The summed E-state index contributed by atoms with van der Waals surface area (Å²) in [6.07, 6.45) is 2.11. The molecular formula is C18H27NO4. The maximum Gasteiger partial charge on any atom is 0.115 e. The van der Waals surface area contributed by atoms with E-state index in [1.54, 1.807) is 19.1 Å². The molecule has 0 aliphatic carbocycles. The largest absolute Gasteiger partial charge is 0.508 e. The minimum atomic E-state index is -1.05. The molecule has 0 unspecified atom stereocenters. The van der Waals surface area contributed by atoms with Crippen molar-refractivity contribution in [3.63, 3.8) is 0 Å². The Morgan fingerprint density at radius 2 is 1.83 bits per heavy atom. The van der Waals surface area contributed by atoms with Crippen molar-refractivity contribution in [2.45, 2.75) is 49.9 Å². The van der Waals surface area contributed by atoms with Crippen molar-refractivity contribution in [3.8, 4) is 5.75 Å². The first-order valence-corrected chi connectivity index (χ1v) is 8.46. The molecular weight excluding hydrogens is 294 g/mol. The number of benzene rings is 1. The number of nitrogens with zero attached hydrogens (tertiary/aromatic N) is 1. The first-order chi connectivity index (χ1) is 10.9. The van der Waals surface area contributed by atoms with Crippen LogP contribution in [0.25, 0.3) is 0 Å². The summed E-state index contributed by atoms with van der Waals surface area (Å²) < 4.78 is 5.91. The predicted octanol–water partition coefficient (Wildman–Crippen LogP) is 1.30. The third-order valence-corrected chi connectivity index (χ3v) is 5.44. The molecule has 2 fully saturated rings. The van der Waals surface area contributed by atoms with Gasteiger partial charge in [0.15, 0.2) is 0 Å². The highest BCUT2D eigenvalue weighted by Crippen LogP contribution is 2.39. The molecule has 0 radical (unpaired) electrons. The summed E-state index contributed by atoms with van der Waals surface area (Å²) in [5.74, 6) is 0.296. The van der Waals surface area contributed by atoms with Gasteiger partial charge < -0.3 is 25.0 Å². The molecule has 5 heteroatoms. The minimum Gasteiger partial charge on any atom is -0.508 e. The number of phenolic OH excluding ortho intramolecular Hbond substituents is 1. The molecule has 5 nitrogen and oxygen atoms in total. The van der Waals surface area contributed by atoms with E-state index < -0.39 is 17.3 Å². The highest BCUT2D eigenvalue weighted by molar-refractivity contribution is 5.26. The van der Waals surface area contributed by atoms with Crippen LogP contribution in [0.1, 0.15) is 31.7 Å². The normalized spacial score (nSPS) is 31.3. The quantitative estimate of drug-likeness (QED) is 0.783. The molecule has 3 N–H and O–H groups in total. The van der Waals surface area contributed by atoms with E-state index in [0.29, 0.717) is 18.8 Å². The fraction of sp³-hybridized carbons (Fsp3) is 0.667. The lowest BCUT2D eigenvalue weighted by Crippen LogP contribution is -2.64. The maximum absolute atomic E-state index is 10.5. The summed E-state index contributed by atoms with van der Waals surface area (Å²) in [5.41, 5.74) is -0.427. The molecule has 2 saturated heterocycles. The lowest BCUT2D eigenvalue weighted by molar-refractivity contribution is -0.246. The standard InChI is InChI=1S/C18H27NO4/c1-17(22)9-13-23-18(16(17)21)7-11-19(12-8-18)10-6-14-2-4-15(20)5-3-14/h2-5,16,20-22H,6-13H2,1H3/t16-,17+/m0/s1. The minimum absolute atomic E-state index is 0.296. The number of hydrogen-bond acceptors (Lipinski definition) is 5. The van der Waals surface area contributed by atoms with Crippen LogP contribution in [0.4, 0.5) is 0 Å². The van der Waals surface area contributed by atoms with E-state index in [2.05, 4.69) is 4.90 Å². The van der Waals surface area contributed by atoms with Gasteiger partial charge in [0.2, 0.25) is 0 Å². The SMILES string of the molecule is C[C@@]1(O)CCOC2(CCN(CCc3ccc(O)cc3)CC2)[C@H]1O. The van der Waals surface area contributed by atoms with Crippen molar-refractivity contribution in [2.24, 2.45) is 0 Å². The average molecular weight is 321 g/mol. The summed E-state index contributed by atoms with van der Waals surface area (Å²) in [6.45, 7) is 4.90. The highest BCUT2D eigenvalue weighted by atomic mass is 16.5. The summed E-state index contributed by atoms with van der Waals surface area (Å²) in [5, 5.41) is 30.2. The molecule has 2 aliphatic heterocycles. The molecule has 1 aromatic rings. The van der Waals surface area contributed by atoms with Crippen LogP contribution >= 0.6 is 0 Å². The van der Waals surface area contributed by atoms with Crippen LogP contribution in [0.2, 0.25) is 0 Å². The molecule has 0 aromatic heterocycles. The first kappa shape index (κ1) is 16.7. The Kier molecular flexibility index (Phi) is 4.65. The van der Waals surface area contributed by atoms with Crippen LogP contribution in [0.5, 0.6) is 5.75 Å². The average Bonchev–Trinajstić information content (AvgIpc) is 2.54. The Morgan fingerprint density at radius 3 is 2.48 bits per heavy atom. The van der Waals surface area contributed by atoms with E-state index in [9.17, 15) is 15.3 Å². The van der Waals surface area contributed by atoms with Crippen molar-refractivity contribution in [3.05, 3.63) is 29.8 Å². The molecule has 2 heterocycles. The molecule has 0 saturated carbocycles. The van der Waals surface area contributed by atoms with Crippen LogP contribution in [0, 0.1) is 0 Å². The summed E-state index contributed by atoms with van der Waals surface area (Å²) in [7, 11) is 0. The van der Waals surface area contributed by atoms with E-state index >= 15 is 0 Å². The monoisotopic (exact) mass is 321 g/mol. The molecule has 2 atom stereocenters. The van der Waals surface area contributed by atoms with Crippen LogP contribution in [-0.4, -0.2) is 63.8 Å². The van der Waals surface area contributed by atoms with Crippen LogP contribution in [0.3, 0.4) is 0 Å². The molecule has 1 spiro atoms. The van der Waals surface area contributed by atoms with E-state index in [4.69, 9.17) is 4.74 Å². The number of aliphatic hydroxyl groups excluding tert-OH is 1. The Labute approximate surface area is 137 Å². The van der Waals surface area contributed by atoms with Gasteiger partial charge in [0.05, 0.1) is 17.8 Å². The van der Waals surface area contributed by atoms with Gasteiger partial charge in [-0.15, -0.1) is 0 Å². The van der Waals surface area contributed by atoms with Gasteiger partial charge >= 0.3 is 0 Å². The van der Waals surface area contributed by atoms with Crippen molar-refractivity contribution >= 4 is 0 Å². The zero-order chi connectivity index (χ0) is 16.5. The highest BCUT2D eigenvalue weighted by Gasteiger charge is 2.52. The number of phenols is 1. The number of rotatable bonds is 3. The zero-order valence-corrected chi connectivity index (χ0v) is 13.7. The second-order valence-electron chi connectivity index (χ2n) is 7.18. The van der Waals surface area contributed by atoms with E-state index in [-0.39, 0.29) is 0 Å². The second-order valence-corrected chi connectivity index (χ2v) is 7.18. The number of likely N-dealkylation sites (tertiary alicyclic amines) is 1. The molecule has 23 heavy (non-hydrogen) atoms. The number of piperidine rings is 1. The van der Waals surface area contributed by atoms with Crippen molar-refractivity contribution < 1.29 is 20.1 Å². The predicted molar refractivity (Wildman–Crippen MR) is 87.4 cm³/mol. The van der Waals surface area contributed by atoms with E-state index in [1.165, 1.54) is 5.56 Å². The third-order valence-electron chi connectivity index (χ3n) is 5.44. The summed E-state index contributed by atoms with van der Waals surface area (Å²) in [6, 6.07) is 7.33. The smallest absolute Gasteiger partial charge is 0.115 e. The Morgan fingerprint density at radius 1 is 1.17 bits per heavy atom. The Bertz CT molecular complexity index is 520. The number of hydrogen-bond donors (Lipinski definition) is 3. The lowest BCUT2D eigenvalue weighted by atomic mass is 9.75. The van der Waals surface area contributed by atoms with Gasteiger partial charge in [-0.05, 0) is 43.9 Å². The molecule has 3 rings (SSSR count). The van der Waals surface area contributed by atoms with Crippen LogP contribution in [0.15, 0.2) is 24.3 Å². The van der Waals surface area contributed by atoms with Crippen LogP contribution in [-0.2, 0) is 11.2 Å². The maximum atomic E-state index is 10.5. The van der Waals surface area contributed by atoms with Gasteiger partial charge in [-0.25, -0.2) is 0 Å². The second kappa shape index (κ2) is 6.40. The van der Waals surface area contributed by atoms with Gasteiger partial charge in [-0.3, -0.25) is 0 Å². The third kappa shape index (κ3) is 3.53.